The Kier molecular flexibility index (Phi) is 8.69. The highest BCUT2D eigenvalue weighted by Crippen LogP contribution is 2.23. The molecule has 0 aromatic heterocycles. The van der Waals surface area contributed by atoms with Gasteiger partial charge in [-0.3, -0.25) is 4.79 Å². The van der Waals surface area contributed by atoms with E-state index in [2.05, 4.69) is 5.32 Å². The molecular formula is C26H20Cl2N2O4. The SMILES string of the molecule is CCOC(=O)c1ccc(NC(=O)/C(C#N)=C/c2ccc(OCc3ccc(Cl)cc3Cl)cc2)cc1. The minimum atomic E-state index is -0.566. The molecule has 0 saturated carbocycles. The summed E-state index contributed by atoms with van der Waals surface area (Å²) in [7, 11) is 0. The van der Waals surface area contributed by atoms with Crippen molar-refractivity contribution in [3.63, 3.8) is 0 Å². The summed E-state index contributed by atoms with van der Waals surface area (Å²) in [5.41, 5.74) is 2.20. The largest absolute Gasteiger partial charge is 0.489 e. The van der Waals surface area contributed by atoms with Crippen molar-refractivity contribution in [1.82, 2.24) is 0 Å². The molecule has 3 aromatic carbocycles. The van der Waals surface area contributed by atoms with Gasteiger partial charge in [0.05, 0.1) is 12.2 Å². The number of nitrogens with zero attached hydrogens (tertiary/aromatic N) is 1. The second-order valence-corrected chi connectivity index (χ2v) is 7.86. The topological polar surface area (TPSA) is 88.4 Å². The zero-order chi connectivity index (χ0) is 24.5. The minimum Gasteiger partial charge on any atom is -0.489 e. The predicted octanol–water partition coefficient (Wildman–Crippen LogP) is 6.29. The Morgan fingerprint density at radius 3 is 2.35 bits per heavy atom. The third-order valence-electron chi connectivity index (χ3n) is 4.62. The van der Waals surface area contributed by atoms with Crippen molar-refractivity contribution in [1.29, 1.82) is 5.26 Å². The molecule has 0 aliphatic rings. The van der Waals surface area contributed by atoms with Crippen LogP contribution < -0.4 is 10.1 Å². The first-order valence-electron chi connectivity index (χ1n) is 10.3. The van der Waals surface area contributed by atoms with Crippen molar-refractivity contribution >= 4 is 46.8 Å². The van der Waals surface area contributed by atoms with Crippen LogP contribution >= 0.6 is 23.2 Å². The van der Waals surface area contributed by atoms with E-state index in [1.165, 1.54) is 6.08 Å². The molecule has 3 aromatic rings. The molecule has 34 heavy (non-hydrogen) atoms. The van der Waals surface area contributed by atoms with Gasteiger partial charge < -0.3 is 14.8 Å². The second-order valence-electron chi connectivity index (χ2n) is 7.02. The molecule has 0 unspecified atom stereocenters. The Morgan fingerprint density at radius 1 is 1.03 bits per heavy atom. The van der Waals surface area contributed by atoms with E-state index in [-0.39, 0.29) is 18.8 Å². The van der Waals surface area contributed by atoms with E-state index >= 15 is 0 Å². The molecule has 0 spiro atoms. The van der Waals surface area contributed by atoms with Gasteiger partial charge in [0, 0.05) is 21.3 Å². The fourth-order valence-electron chi connectivity index (χ4n) is 2.88. The number of carbonyl (C=O) groups excluding carboxylic acids is 2. The molecule has 0 heterocycles. The van der Waals surface area contributed by atoms with Crippen LogP contribution in [-0.2, 0) is 16.1 Å². The number of amides is 1. The molecule has 0 atom stereocenters. The summed E-state index contributed by atoms with van der Waals surface area (Å²) in [6.07, 6.45) is 1.47. The zero-order valence-corrected chi connectivity index (χ0v) is 19.7. The highest BCUT2D eigenvalue weighted by atomic mass is 35.5. The van der Waals surface area contributed by atoms with Gasteiger partial charge in [0.1, 0.15) is 24.0 Å². The van der Waals surface area contributed by atoms with Crippen LogP contribution in [0, 0.1) is 11.3 Å². The zero-order valence-electron chi connectivity index (χ0n) is 18.2. The van der Waals surface area contributed by atoms with E-state index in [1.54, 1.807) is 73.7 Å². The maximum Gasteiger partial charge on any atom is 0.338 e. The Labute approximate surface area is 207 Å². The molecule has 0 saturated heterocycles. The molecule has 0 fully saturated rings. The van der Waals surface area contributed by atoms with E-state index in [4.69, 9.17) is 32.7 Å². The number of hydrogen-bond acceptors (Lipinski definition) is 5. The van der Waals surface area contributed by atoms with Crippen LogP contribution in [0.4, 0.5) is 5.69 Å². The Bertz CT molecular complexity index is 1250. The lowest BCUT2D eigenvalue weighted by atomic mass is 10.1. The number of anilines is 1. The molecule has 0 radical (unpaired) electrons. The van der Waals surface area contributed by atoms with Crippen molar-refractivity contribution < 1.29 is 19.1 Å². The van der Waals surface area contributed by atoms with E-state index < -0.39 is 11.9 Å². The fourth-order valence-corrected chi connectivity index (χ4v) is 3.34. The van der Waals surface area contributed by atoms with Crippen molar-refractivity contribution in [2.45, 2.75) is 13.5 Å². The normalized spacial score (nSPS) is 10.8. The maximum atomic E-state index is 12.5. The number of benzene rings is 3. The van der Waals surface area contributed by atoms with Crippen molar-refractivity contribution in [2.75, 3.05) is 11.9 Å². The molecule has 0 aliphatic carbocycles. The first-order valence-corrected chi connectivity index (χ1v) is 11.0. The molecule has 8 heteroatoms. The van der Waals surface area contributed by atoms with Crippen LogP contribution in [0.3, 0.4) is 0 Å². The minimum absolute atomic E-state index is 0.0731. The molecule has 1 amide bonds. The van der Waals surface area contributed by atoms with Crippen LogP contribution in [-0.4, -0.2) is 18.5 Å². The Balaban J connectivity index is 1.62. The highest BCUT2D eigenvalue weighted by molar-refractivity contribution is 6.35. The molecular weight excluding hydrogens is 475 g/mol. The highest BCUT2D eigenvalue weighted by Gasteiger charge is 2.11. The van der Waals surface area contributed by atoms with E-state index in [9.17, 15) is 14.9 Å². The van der Waals surface area contributed by atoms with E-state index in [1.807, 2.05) is 6.07 Å². The van der Waals surface area contributed by atoms with Crippen LogP contribution in [0.25, 0.3) is 6.08 Å². The molecule has 1 N–H and O–H groups in total. The van der Waals surface area contributed by atoms with E-state index in [0.29, 0.717) is 32.6 Å². The van der Waals surface area contributed by atoms with Crippen LogP contribution in [0.1, 0.15) is 28.4 Å². The monoisotopic (exact) mass is 494 g/mol. The Hall–Kier alpha value is -3.79. The number of carbonyl (C=O) groups is 2. The summed E-state index contributed by atoms with van der Waals surface area (Å²) < 4.78 is 10.7. The lowest BCUT2D eigenvalue weighted by molar-refractivity contribution is -0.112. The number of nitrogens with one attached hydrogen (secondary N) is 1. The summed E-state index contributed by atoms with van der Waals surface area (Å²) >= 11 is 12.1. The van der Waals surface area contributed by atoms with Crippen LogP contribution in [0.2, 0.25) is 10.0 Å². The van der Waals surface area contributed by atoms with Gasteiger partial charge in [0.2, 0.25) is 0 Å². The second kappa shape index (κ2) is 11.9. The third-order valence-corrected chi connectivity index (χ3v) is 5.21. The van der Waals surface area contributed by atoms with Crippen LogP contribution in [0.15, 0.2) is 72.3 Å². The van der Waals surface area contributed by atoms with Gasteiger partial charge in [-0.25, -0.2) is 4.79 Å². The van der Waals surface area contributed by atoms with Gasteiger partial charge in [-0.1, -0.05) is 41.4 Å². The fraction of sp³-hybridized carbons (Fsp3) is 0.115. The average Bonchev–Trinajstić information content (AvgIpc) is 2.83. The number of esters is 1. The van der Waals surface area contributed by atoms with Gasteiger partial charge >= 0.3 is 5.97 Å². The quantitative estimate of drug-likeness (QED) is 0.225. The van der Waals surface area contributed by atoms with Gasteiger partial charge in [-0.15, -0.1) is 0 Å². The van der Waals surface area contributed by atoms with Gasteiger partial charge in [0.25, 0.3) is 5.91 Å². The van der Waals surface area contributed by atoms with Crippen molar-refractivity contribution in [3.8, 4) is 11.8 Å². The van der Waals surface area contributed by atoms with Gasteiger partial charge in [0.15, 0.2) is 0 Å². The summed E-state index contributed by atoms with van der Waals surface area (Å²) in [6.45, 7) is 2.27. The Morgan fingerprint density at radius 2 is 1.74 bits per heavy atom. The lowest BCUT2D eigenvalue weighted by Gasteiger charge is -2.09. The van der Waals surface area contributed by atoms with Crippen LogP contribution in [0.5, 0.6) is 5.75 Å². The summed E-state index contributed by atoms with van der Waals surface area (Å²) in [5, 5.41) is 13.1. The third kappa shape index (κ3) is 6.85. The first kappa shape index (κ1) is 24.8. The molecule has 172 valence electrons. The van der Waals surface area contributed by atoms with Gasteiger partial charge in [-0.05, 0) is 67.1 Å². The average molecular weight is 495 g/mol. The van der Waals surface area contributed by atoms with Gasteiger partial charge in [-0.2, -0.15) is 5.26 Å². The number of ether oxygens (including phenoxy) is 2. The number of nitriles is 1. The summed E-state index contributed by atoms with van der Waals surface area (Å²) in [5.74, 6) is -0.404. The first-order chi connectivity index (χ1) is 16.4. The number of hydrogen-bond donors (Lipinski definition) is 1. The van der Waals surface area contributed by atoms with E-state index in [0.717, 1.165) is 5.56 Å². The summed E-state index contributed by atoms with van der Waals surface area (Å²) in [4.78, 5) is 24.2. The maximum absolute atomic E-state index is 12.5. The predicted molar refractivity (Wildman–Crippen MR) is 132 cm³/mol. The number of halogens is 2. The molecule has 6 nitrogen and oxygen atoms in total. The lowest BCUT2D eigenvalue weighted by Crippen LogP contribution is -2.13. The molecule has 0 aliphatic heterocycles. The smallest absolute Gasteiger partial charge is 0.338 e. The molecule has 0 bridgehead atoms. The van der Waals surface area contributed by atoms with Crippen molar-refractivity contribution in [2.24, 2.45) is 0 Å². The summed E-state index contributed by atoms with van der Waals surface area (Å²) in [6, 6.07) is 20.2. The van der Waals surface area contributed by atoms with Crippen molar-refractivity contribution in [3.05, 3.63) is 99.0 Å². The molecule has 3 rings (SSSR count). The standard InChI is InChI=1S/C26H20Cl2N2O4/c1-2-33-26(32)18-6-9-22(10-7-18)30-25(31)20(15-29)13-17-3-11-23(12-4-17)34-16-19-5-8-21(27)14-24(19)28/h3-14H,2,16H2,1H3,(H,30,31)/b20-13+. The number of rotatable bonds is 8.